The van der Waals surface area contributed by atoms with Gasteiger partial charge in [0.15, 0.2) is 0 Å². The maximum Gasteiger partial charge on any atom is 0.0526 e. The van der Waals surface area contributed by atoms with Crippen molar-refractivity contribution in [3.05, 3.63) is 29.8 Å². The lowest BCUT2D eigenvalue weighted by Crippen LogP contribution is -2.60. The van der Waals surface area contributed by atoms with Crippen molar-refractivity contribution in [1.82, 2.24) is 0 Å². The van der Waals surface area contributed by atoms with E-state index >= 15 is 0 Å². The van der Waals surface area contributed by atoms with Crippen molar-refractivity contribution >= 4 is 5.69 Å². The second-order valence-electron chi connectivity index (χ2n) is 5.29. The van der Waals surface area contributed by atoms with Gasteiger partial charge in [-0.2, -0.15) is 0 Å². The molecule has 88 valence electrons. The second kappa shape index (κ2) is 4.10. The predicted octanol–water partition coefficient (Wildman–Crippen LogP) is 2.56. The van der Waals surface area contributed by atoms with E-state index in [0.29, 0.717) is 0 Å². The lowest BCUT2D eigenvalue weighted by Gasteiger charge is -2.53. The molecule has 0 unspecified atom stereocenters. The summed E-state index contributed by atoms with van der Waals surface area (Å²) >= 11 is 0. The number of aryl methyl sites for hydroxylation is 1. The van der Waals surface area contributed by atoms with E-state index < -0.39 is 0 Å². The number of hydrogen-bond acceptors (Lipinski definition) is 2. The molecule has 1 fully saturated rings. The third-order valence-electron chi connectivity index (χ3n) is 4.03. The first-order valence-corrected chi connectivity index (χ1v) is 6.08. The van der Waals surface area contributed by atoms with Crippen LogP contribution >= 0.6 is 0 Å². The zero-order valence-electron chi connectivity index (χ0n) is 10.5. The molecular formula is C14H22N2. The molecule has 0 aliphatic heterocycles. The summed E-state index contributed by atoms with van der Waals surface area (Å²) in [6.45, 7) is 5.22. The van der Waals surface area contributed by atoms with Gasteiger partial charge in [-0.15, -0.1) is 0 Å². The summed E-state index contributed by atoms with van der Waals surface area (Å²) in [5, 5.41) is 0. The Morgan fingerprint density at radius 1 is 1.38 bits per heavy atom. The van der Waals surface area contributed by atoms with Crippen molar-refractivity contribution in [1.29, 1.82) is 0 Å². The first-order valence-electron chi connectivity index (χ1n) is 6.08. The lowest BCUT2D eigenvalue weighted by molar-refractivity contribution is 0.163. The monoisotopic (exact) mass is 218 g/mol. The molecule has 1 aliphatic rings. The smallest absolute Gasteiger partial charge is 0.0526 e. The highest BCUT2D eigenvalue weighted by atomic mass is 15.2. The van der Waals surface area contributed by atoms with Crippen molar-refractivity contribution < 1.29 is 0 Å². The maximum absolute atomic E-state index is 5.98. The van der Waals surface area contributed by atoms with Gasteiger partial charge < -0.3 is 10.6 Å². The summed E-state index contributed by atoms with van der Waals surface area (Å²) < 4.78 is 0. The number of para-hydroxylation sites is 1. The zero-order valence-corrected chi connectivity index (χ0v) is 10.5. The van der Waals surface area contributed by atoms with E-state index in [9.17, 15) is 0 Å². The van der Waals surface area contributed by atoms with E-state index in [1.54, 1.807) is 0 Å². The van der Waals surface area contributed by atoms with Crippen LogP contribution in [0, 0.1) is 12.8 Å². The average Bonchev–Trinajstić information content (AvgIpc) is 2.24. The minimum atomic E-state index is 0.200. The SMILES string of the molecule is Cc1ccccc1N(C)C1(CN)CC(C)C1. The Morgan fingerprint density at radius 2 is 2.00 bits per heavy atom. The topological polar surface area (TPSA) is 29.3 Å². The molecule has 16 heavy (non-hydrogen) atoms. The minimum Gasteiger partial charge on any atom is -0.367 e. The van der Waals surface area contributed by atoms with Crippen molar-refractivity contribution in [2.24, 2.45) is 11.7 Å². The molecule has 1 aliphatic carbocycles. The van der Waals surface area contributed by atoms with Gasteiger partial charge in [0, 0.05) is 19.3 Å². The highest BCUT2D eigenvalue weighted by Crippen LogP contribution is 2.43. The molecule has 2 heteroatoms. The summed E-state index contributed by atoms with van der Waals surface area (Å²) in [4.78, 5) is 2.39. The summed E-state index contributed by atoms with van der Waals surface area (Å²) in [5.41, 5.74) is 8.83. The fourth-order valence-electron chi connectivity index (χ4n) is 3.01. The van der Waals surface area contributed by atoms with Gasteiger partial charge >= 0.3 is 0 Å². The van der Waals surface area contributed by atoms with E-state index in [1.807, 2.05) is 0 Å². The number of anilines is 1. The Morgan fingerprint density at radius 3 is 2.50 bits per heavy atom. The van der Waals surface area contributed by atoms with Crippen LogP contribution in [-0.4, -0.2) is 19.1 Å². The number of nitrogens with two attached hydrogens (primary N) is 1. The highest BCUT2D eigenvalue weighted by molar-refractivity contribution is 5.55. The van der Waals surface area contributed by atoms with Gasteiger partial charge in [0.25, 0.3) is 0 Å². The van der Waals surface area contributed by atoms with E-state index in [-0.39, 0.29) is 5.54 Å². The second-order valence-corrected chi connectivity index (χ2v) is 5.29. The van der Waals surface area contributed by atoms with Crippen LogP contribution in [0.5, 0.6) is 0 Å². The summed E-state index contributed by atoms with van der Waals surface area (Å²) in [5.74, 6) is 0.815. The molecule has 2 rings (SSSR count). The van der Waals surface area contributed by atoms with Gasteiger partial charge in [0.2, 0.25) is 0 Å². The average molecular weight is 218 g/mol. The standard InChI is InChI=1S/C14H22N2/c1-11-8-14(9-11,10-15)16(3)13-7-5-4-6-12(13)2/h4-7,11H,8-10,15H2,1-3H3. The van der Waals surface area contributed by atoms with Crippen LogP contribution in [0.3, 0.4) is 0 Å². The molecular weight excluding hydrogens is 196 g/mol. The van der Waals surface area contributed by atoms with Crippen molar-refractivity contribution in [2.75, 3.05) is 18.5 Å². The molecule has 0 amide bonds. The first-order chi connectivity index (χ1) is 7.59. The predicted molar refractivity (Wildman–Crippen MR) is 69.8 cm³/mol. The minimum absolute atomic E-state index is 0.200. The number of hydrogen-bond donors (Lipinski definition) is 1. The number of rotatable bonds is 3. The quantitative estimate of drug-likeness (QED) is 0.845. The third kappa shape index (κ3) is 1.71. The fourth-order valence-corrected chi connectivity index (χ4v) is 3.01. The highest BCUT2D eigenvalue weighted by Gasteiger charge is 2.44. The first kappa shape index (κ1) is 11.5. The number of benzene rings is 1. The van der Waals surface area contributed by atoms with E-state index in [4.69, 9.17) is 5.73 Å². The molecule has 0 saturated heterocycles. The van der Waals surface area contributed by atoms with Gasteiger partial charge in [-0.1, -0.05) is 25.1 Å². The van der Waals surface area contributed by atoms with E-state index in [0.717, 1.165) is 12.5 Å². The molecule has 2 N–H and O–H groups in total. The Kier molecular flexibility index (Phi) is 2.94. The van der Waals surface area contributed by atoms with Gasteiger partial charge in [-0.05, 0) is 37.3 Å². The summed E-state index contributed by atoms with van der Waals surface area (Å²) in [6.07, 6.45) is 2.43. The Balaban J connectivity index is 2.25. The number of likely N-dealkylation sites (N-methyl/N-ethyl adjacent to an activating group) is 1. The maximum atomic E-state index is 5.98. The third-order valence-corrected chi connectivity index (χ3v) is 4.03. The van der Waals surface area contributed by atoms with Gasteiger partial charge in [-0.25, -0.2) is 0 Å². The molecule has 0 aromatic heterocycles. The van der Waals surface area contributed by atoms with Crippen molar-refractivity contribution in [3.63, 3.8) is 0 Å². The Labute approximate surface area is 98.4 Å². The molecule has 0 radical (unpaired) electrons. The normalized spacial score (nSPS) is 28.6. The van der Waals surface area contributed by atoms with Crippen LogP contribution in [0.1, 0.15) is 25.3 Å². The Bertz CT molecular complexity index is 367. The fraction of sp³-hybridized carbons (Fsp3) is 0.571. The van der Waals surface area contributed by atoms with Crippen LogP contribution in [-0.2, 0) is 0 Å². The van der Waals surface area contributed by atoms with E-state index in [1.165, 1.54) is 24.1 Å². The van der Waals surface area contributed by atoms with Crippen LogP contribution in [0.2, 0.25) is 0 Å². The Hall–Kier alpha value is -1.02. The van der Waals surface area contributed by atoms with E-state index in [2.05, 4.69) is 50.1 Å². The van der Waals surface area contributed by atoms with Crippen LogP contribution in [0.25, 0.3) is 0 Å². The van der Waals surface area contributed by atoms with Crippen LogP contribution in [0.4, 0.5) is 5.69 Å². The van der Waals surface area contributed by atoms with Crippen molar-refractivity contribution in [3.8, 4) is 0 Å². The lowest BCUT2D eigenvalue weighted by atomic mass is 9.68. The summed E-state index contributed by atoms with van der Waals surface area (Å²) in [7, 11) is 2.18. The van der Waals surface area contributed by atoms with Crippen molar-refractivity contribution in [2.45, 2.75) is 32.2 Å². The molecule has 0 atom stereocenters. The zero-order chi connectivity index (χ0) is 11.8. The molecule has 0 bridgehead atoms. The molecule has 1 saturated carbocycles. The van der Waals surface area contributed by atoms with Gasteiger partial charge in [-0.3, -0.25) is 0 Å². The molecule has 0 heterocycles. The van der Waals surface area contributed by atoms with Gasteiger partial charge in [0.1, 0.15) is 0 Å². The van der Waals surface area contributed by atoms with Crippen LogP contribution in [0.15, 0.2) is 24.3 Å². The molecule has 2 nitrogen and oxygen atoms in total. The number of nitrogens with zero attached hydrogens (tertiary/aromatic N) is 1. The molecule has 0 spiro atoms. The van der Waals surface area contributed by atoms with Gasteiger partial charge in [0.05, 0.1) is 5.54 Å². The van der Waals surface area contributed by atoms with Crippen LogP contribution < -0.4 is 10.6 Å². The molecule has 1 aromatic rings. The largest absolute Gasteiger partial charge is 0.367 e. The molecule has 1 aromatic carbocycles. The summed E-state index contributed by atoms with van der Waals surface area (Å²) in [6, 6.07) is 8.55.